The lowest BCUT2D eigenvalue weighted by Gasteiger charge is -2.00. The molecular formula is C9H9FN4O2. The Labute approximate surface area is 90.3 Å². The number of urea groups is 1. The number of carbonyl (C=O) groups excluding carboxylic acids is 1. The minimum absolute atomic E-state index is 0.140. The van der Waals surface area contributed by atoms with Gasteiger partial charge in [-0.05, 0) is 24.3 Å². The van der Waals surface area contributed by atoms with Crippen LogP contribution in [0.2, 0.25) is 0 Å². The third kappa shape index (κ3) is 3.37. The Balaban J connectivity index is 2.97. The van der Waals surface area contributed by atoms with Gasteiger partial charge >= 0.3 is 6.03 Å². The Morgan fingerprint density at radius 2 is 2.06 bits per heavy atom. The van der Waals surface area contributed by atoms with Crippen LogP contribution in [0.3, 0.4) is 0 Å². The van der Waals surface area contributed by atoms with Gasteiger partial charge in [0.15, 0.2) is 0 Å². The second kappa shape index (κ2) is 5.44. The van der Waals surface area contributed by atoms with E-state index in [0.717, 1.165) is 6.21 Å². The van der Waals surface area contributed by atoms with Crippen molar-refractivity contribution in [2.45, 2.75) is 0 Å². The van der Waals surface area contributed by atoms with E-state index in [9.17, 15) is 9.18 Å². The van der Waals surface area contributed by atoms with Crippen LogP contribution in [0.25, 0.3) is 0 Å². The fraction of sp³-hybridized carbons (Fsp3) is 0. The van der Waals surface area contributed by atoms with Crippen LogP contribution in [0.4, 0.5) is 9.18 Å². The zero-order chi connectivity index (χ0) is 12.0. The molecular weight excluding hydrogens is 215 g/mol. The summed E-state index contributed by atoms with van der Waals surface area (Å²) in [6, 6.07) is 4.39. The first-order valence-corrected chi connectivity index (χ1v) is 4.20. The zero-order valence-electron chi connectivity index (χ0n) is 8.09. The minimum Gasteiger partial charge on any atom is -0.411 e. The van der Waals surface area contributed by atoms with Crippen LogP contribution in [0.5, 0.6) is 0 Å². The third-order valence-corrected chi connectivity index (χ3v) is 1.61. The number of oxime groups is 1. The predicted octanol–water partition coefficient (Wildman–Crippen LogP) is 0.658. The average Bonchev–Trinajstić information content (AvgIpc) is 2.25. The number of carbonyl (C=O) groups is 1. The van der Waals surface area contributed by atoms with Gasteiger partial charge in [-0.1, -0.05) is 5.16 Å². The van der Waals surface area contributed by atoms with E-state index < -0.39 is 11.8 Å². The average molecular weight is 224 g/mol. The molecule has 0 fully saturated rings. The number of hydrogen-bond donors (Lipinski definition) is 3. The van der Waals surface area contributed by atoms with Crippen molar-refractivity contribution in [1.82, 2.24) is 5.43 Å². The maximum atomic E-state index is 12.6. The largest absolute Gasteiger partial charge is 0.411 e. The Kier molecular flexibility index (Phi) is 3.96. The van der Waals surface area contributed by atoms with Crippen LogP contribution < -0.4 is 11.2 Å². The van der Waals surface area contributed by atoms with Gasteiger partial charge in [0.1, 0.15) is 11.5 Å². The van der Waals surface area contributed by atoms with Gasteiger partial charge in [0.25, 0.3) is 0 Å². The molecule has 0 saturated heterocycles. The maximum absolute atomic E-state index is 12.6. The van der Waals surface area contributed by atoms with E-state index in [-0.39, 0.29) is 5.71 Å². The first kappa shape index (κ1) is 11.6. The fourth-order valence-corrected chi connectivity index (χ4v) is 0.959. The van der Waals surface area contributed by atoms with Crippen molar-refractivity contribution in [3.8, 4) is 0 Å². The van der Waals surface area contributed by atoms with Gasteiger partial charge in [0.05, 0.1) is 6.21 Å². The summed E-state index contributed by atoms with van der Waals surface area (Å²) in [5.41, 5.74) is 7.39. The quantitative estimate of drug-likeness (QED) is 0.399. The molecule has 7 heteroatoms. The van der Waals surface area contributed by atoms with Gasteiger partial charge in [0, 0.05) is 5.56 Å². The van der Waals surface area contributed by atoms with Crippen LogP contribution in [0.15, 0.2) is 34.5 Å². The van der Waals surface area contributed by atoms with Crippen LogP contribution >= 0.6 is 0 Å². The molecule has 2 amide bonds. The standard InChI is InChI=1S/C9H9FN4O2/c10-7-3-1-6(2-4-7)8(5-12-16)13-14-9(11)15/h1-5,16H,(H3,11,14,15)/b12-5+,13-8+. The molecule has 0 spiro atoms. The topological polar surface area (TPSA) is 100 Å². The number of amides is 2. The van der Waals surface area contributed by atoms with Gasteiger partial charge in [0.2, 0.25) is 0 Å². The van der Waals surface area contributed by atoms with Crippen molar-refractivity contribution < 1.29 is 14.4 Å². The smallest absolute Gasteiger partial charge is 0.332 e. The van der Waals surface area contributed by atoms with E-state index in [4.69, 9.17) is 10.9 Å². The number of nitrogens with two attached hydrogens (primary N) is 1. The zero-order valence-corrected chi connectivity index (χ0v) is 8.09. The molecule has 0 aromatic heterocycles. The summed E-state index contributed by atoms with van der Waals surface area (Å²) in [5, 5.41) is 14.7. The summed E-state index contributed by atoms with van der Waals surface area (Å²) >= 11 is 0. The molecule has 0 bridgehead atoms. The van der Waals surface area contributed by atoms with E-state index in [1.54, 1.807) is 0 Å². The molecule has 0 unspecified atom stereocenters. The summed E-state index contributed by atoms with van der Waals surface area (Å²) in [6.45, 7) is 0. The molecule has 0 aliphatic heterocycles. The van der Waals surface area contributed by atoms with E-state index >= 15 is 0 Å². The van der Waals surface area contributed by atoms with Gasteiger partial charge < -0.3 is 10.9 Å². The molecule has 4 N–H and O–H groups in total. The van der Waals surface area contributed by atoms with Crippen molar-refractivity contribution in [2.75, 3.05) is 0 Å². The lowest BCUT2D eigenvalue weighted by molar-refractivity contribution is 0.249. The first-order valence-electron chi connectivity index (χ1n) is 4.20. The highest BCUT2D eigenvalue weighted by atomic mass is 19.1. The Morgan fingerprint density at radius 3 is 2.56 bits per heavy atom. The number of hydrogen-bond acceptors (Lipinski definition) is 4. The van der Waals surface area contributed by atoms with E-state index in [2.05, 4.69) is 10.3 Å². The van der Waals surface area contributed by atoms with Crippen molar-refractivity contribution in [3.63, 3.8) is 0 Å². The fourth-order valence-electron chi connectivity index (χ4n) is 0.959. The molecule has 1 aromatic rings. The number of halogens is 1. The number of rotatable bonds is 3. The number of primary amides is 1. The van der Waals surface area contributed by atoms with E-state index in [1.165, 1.54) is 24.3 Å². The molecule has 0 saturated carbocycles. The number of benzene rings is 1. The van der Waals surface area contributed by atoms with Gasteiger partial charge in [-0.25, -0.2) is 14.6 Å². The summed E-state index contributed by atoms with van der Waals surface area (Å²) < 4.78 is 12.6. The molecule has 0 heterocycles. The summed E-state index contributed by atoms with van der Waals surface area (Å²) in [7, 11) is 0. The van der Waals surface area contributed by atoms with Crippen LogP contribution in [-0.2, 0) is 0 Å². The first-order chi connectivity index (χ1) is 7.63. The Morgan fingerprint density at radius 1 is 1.44 bits per heavy atom. The Bertz CT molecular complexity index is 428. The SMILES string of the molecule is NC(=O)N/N=C(\C=N\O)c1ccc(F)cc1. The molecule has 84 valence electrons. The van der Waals surface area contributed by atoms with Crippen LogP contribution in [0, 0.1) is 5.82 Å². The highest BCUT2D eigenvalue weighted by Gasteiger charge is 2.02. The number of nitrogens with zero attached hydrogens (tertiary/aromatic N) is 2. The van der Waals surface area contributed by atoms with Crippen molar-refractivity contribution >= 4 is 18.0 Å². The monoisotopic (exact) mass is 224 g/mol. The minimum atomic E-state index is -0.856. The molecule has 0 radical (unpaired) electrons. The van der Waals surface area contributed by atoms with Crippen molar-refractivity contribution in [3.05, 3.63) is 35.6 Å². The summed E-state index contributed by atoms with van der Waals surface area (Å²) in [4.78, 5) is 10.4. The second-order valence-electron chi connectivity index (χ2n) is 2.72. The molecule has 0 aliphatic rings. The lowest BCUT2D eigenvalue weighted by atomic mass is 10.1. The van der Waals surface area contributed by atoms with Gasteiger partial charge in [-0.3, -0.25) is 0 Å². The molecule has 0 atom stereocenters. The molecule has 16 heavy (non-hydrogen) atoms. The molecule has 0 aliphatic carbocycles. The summed E-state index contributed by atoms with van der Waals surface area (Å²) in [6.07, 6.45) is 0.989. The highest BCUT2D eigenvalue weighted by Crippen LogP contribution is 2.03. The predicted molar refractivity (Wildman–Crippen MR) is 55.9 cm³/mol. The molecule has 6 nitrogen and oxygen atoms in total. The number of hydrazone groups is 1. The van der Waals surface area contributed by atoms with E-state index in [1.807, 2.05) is 5.43 Å². The molecule has 1 aromatic carbocycles. The van der Waals surface area contributed by atoms with Gasteiger partial charge in [-0.15, -0.1) is 0 Å². The van der Waals surface area contributed by atoms with Crippen LogP contribution in [0.1, 0.15) is 5.56 Å². The second-order valence-corrected chi connectivity index (χ2v) is 2.72. The highest BCUT2D eigenvalue weighted by molar-refractivity contribution is 6.38. The molecule has 1 rings (SSSR count). The maximum Gasteiger partial charge on any atom is 0.332 e. The normalized spacial score (nSPS) is 11.7. The summed E-state index contributed by atoms with van der Waals surface area (Å²) in [5.74, 6) is -0.410. The third-order valence-electron chi connectivity index (χ3n) is 1.61. The number of nitrogens with one attached hydrogen (secondary N) is 1. The van der Waals surface area contributed by atoms with E-state index in [0.29, 0.717) is 5.56 Å². The lowest BCUT2D eigenvalue weighted by Crippen LogP contribution is -2.26. The van der Waals surface area contributed by atoms with Crippen molar-refractivity contribution in [2.24, 2.45) is 16.0 Å². The Hall–Kier alpha value is -2.44. The van der Waals surface area contributed by atoms with Crippen molar-refractivity contribution in [1.29, 1.82) is 0 Å². The van der Waals surface area contributed by atoms with Crippen LogP contribution in [-0.4, -0.2) is 23.2 Å². The van der Waals surface area contributed by atoms with Gasteiger partial charge in [-0.2, -0.15) is 5.10 Å².